The second-order valence-electron chi connectivity index (χ2n) is 3.97. The molecule has 0 aliphatic carbocycles. The van der Waals surface area contributed by atoms with Crippen molar-refractivity contribution in [2.45, 2.75) is 13.3 Å². The largest absolute Gasteiger partial charge is 0.341 e. The fraction of sp³-hybridized carbons (Fsp3) is 0.333. The molecule has 5 heteroatoms. The van der Waals surface area contributed by atoms with E-state index in [1.54, 1.807) is 18.9 Å². The van der Waals surface area contributed by atoms with Crippen molar-refractivity contribution in [1.82, 2.24) is 5.32 Å². The Morgan fingerprint density at radius 1 is 1.35 bits per heavy atom. The fourth-order valence-corrected chi connectivity index (χ4v) is 1.98. The number of nitrogens with zero attached hydrogens (tertiary/aromatic N) is 1. The highest BCUT2D eigenvalue weighted by atomic mass is 16.2. The van der Waals surface area contributed by atoms with Crippen molar-refractivity contribution in [3.63, 3.8) is 0 Å². The zero-order valence-corrected chi connectivity index (χ0v) is 9.91. The van der Waals surface area contributed by atoms with E-state index in [-0.39, 0.29) is 11.9 Å². The first-order valence-electron chi connectivity index (χ1n) is 5.51. The number of benzene rings is 1. The van der Waals surface area contributed by atoms with E-state index in [0.29, 0.717) is 12.2 Å². The average Bonchev–Trinajstić information content (AvgIpc) is 2.71. The number of amides is 3. The number of hydrogen-bond acceptors (Lipinski definition) is 2. The van der Waals surface area contributed by atoms with E-state index in [9.17, 15) is 9.59 Å². The zero-order chi connectivity index (χ0) is 12.4. The van der Waals surface area contributed by atoms with E-state index >= 15 is 0 Å². The molecule has 1 aliphatic rings. The van der Waals surface area contributed by atoms with Gasteiger partial charge in [0.25, 0.3) is 0 Å². The monoisotopic (exact) mass is 233 g/mol. The van der Waals surface area contributed by atoms with Crippen LogP contribution in [0.3, 0.4) is 0 Å². The van der Waals surface area contributed by atoms with Gasteiger partial charge >= 0.3 is 6.03 Å². The minimum Gasteiger partial charge on any atom is -0.341 e. The van der Waals surface area contributed by atoms with Gasteiger partial charge in [-0.1, -0.05) is 6.07 Å². The highest BCUT2D eigenvalue weighted by Crippen LogP contribution is 2.30. The SMILES string of the molecule is CNC(=O)Nc1ccc2c(c1)N(C(C)=O)CC2. The topological polar surface area (TPSA) is 61.4 Å². The summed E-state index contributed by atoms with van der Waals surface area (Å²) in [4.78, 5) is 24.3. The third-order valence-corrected chi connectivity index (χ3v) is 2.85. The summed E-state index contributed by atoms with van der Waals surface area (Å²) in [6, 6.07) is 5.36. The number of urea groups is 1. The number of carbonyl (C=O) groups is 2. The molecule has 3 amide bonds. The Bertz CT molecular complexity index is 471. The molecule has 1 heterocycles. The van der Waals surface area contributed by atoms with Crippen molar-refractivity contribution in [1.29, 1.82) is 0 Å². The van der Waals surface area contributed by atoms with Crippen LogP contribution in [0.15, 0.2) is 18.2 Å². The van der Waals surface area contributed by atoms with Gasteiger partial charge in [-0.25, -0.2) is 4.79 Å². The molecule has 0 fully saturated rings. The van der Waals surface area contributed by atoms with Gasteiger partial charge in [-0.05, 0) is 24.1 Å². The first kappa shape index (κ1) is 11.4. The molecule has 90 valence electrons. The molecule has 0 radical (unpaired) electrons. The summed E-state index contributed by atoms with van der Waals surface area (Å²) in [7, 11) is 1.56. The van der Waals surface area contributed by atoms with Crippen LogP contribution in [-0.4, -0.2) is 25.5 Å². The molecule has 17 heavy (non-hydrogen) atoms. The van der Waals surface area contributed by atoms with Gasteiger partial charge in [0.1, 0.15) is 0 Å². The van der Waals surface area contributed by atoms with Crippen LogP contribution in [0.4, 0.5) is 16.2 Å². The molecule has 5 nitrogen and oxygen atoms in total. The molecule has 1 aromatic carbocycles. The van der Waals surface area contributed by atoms with Gasteiger partial charge in [-0.3, -0.25) is 4.79 Å². The lowest BCUT2D eigenvalue weighted by Crippen LogP contribution is -2.26. The van der Waals surface area contributed by atoms with Crippen molar-refractivity contribution in [3.05, 3.63) is 23.8 Å². The van der Waals surface area contributed by atoms with Crippen LogP contribution < -0.4 is 15.5 Å². The molecule has 1 aliphatic heterocycles. The molecular weight excluding hydrogens is 218 g/mol. The van der Waals surface area contributed by atoms with Crippen LogP contribution in [0.25, 0.3) is 0 Å². The Morgan fingerprint density at radius 3 is 2.76 bits per heavy atom. The number of carbonyl (C=O) groups excluding carboxylic acids is 2. The fourth-order valence-electron chi connectivity index (χ4n) is 1.98. The van der Waals surface area contributed by atoms with E-state index in [2.05, 4.69) is 10.6 Å². The van der Waals surface area contributed by atoms with Crippen molar-refractivity contribution in [2.75, 3.05) is 23.8 Å². The Labute approximate surface area is 99.8 Å². The van der Waals surface area contributed by atoms with Gasteiger partial charge in [-0.2, -0.15) is 0 Å². The summed E-state index contributed by atoms with van der Waals surface area (Å²) in [5.74, 6) is 0.0286. The van der Waals surface area contributed by atoms with Crippen molar-refractivity contribution in [3.8, 4) is 0 Å². The van der Waals surface area contributed by atoms with Crippen LogP contribution in [-0.2, 0) is 11.2 Å². The Morgan fingerprint density at radius 2 is 2.12 bits per heavy atom. The maximum Gasteiger partial charge on any atom is 0.318 e. The molecule has 0 unspecified atom stereocenters. The molecule has 1 aromatic rings. The van der Waals surface area contributed by atoms with E-state index in [1.165, 1.54) is 0 Å². The minimum absolute atomic E-state index is 0.0286. The molecule has 0 atom stereocenters. The second-order valence-corrected chi connectivity index (χ2v) is 3.97. The van der Waals surface area contributed by atoms with Crippen LogP contribution in [0.2, 0.25) is 0 Å². The summed E-state index contributed by atoms with van der Waals surface area (Å²) in [6.07, 6.45) is 0.870. The van der Waals surface area contributed by atoms with Crippen molar-refractivity contribution in [2.24, 2.45) is 0 Å². The lowest BCUT2D eigenvalue weighted by molar-refractivity contribution is -0.116. The number of hydrogen-bond donors (Lipinski definition) is 2. The highest BCUT2D eigenvalue weighted by molar-refractivity contribution is 5.96. The van der Waals surface area contributed by atoms with Crippen molar-refractivity contribution < 1.29 is 9.59 Å². The molecule has 0 aromatic heterocycles. The molecule has 2 rings (SSSR count). The average molecular weight is 233 g/mol. The van der Waals surface area contributed by atoms with Gasteiger partial charge in [0.2, 0.25) is 5.91 Å². The maximum absolute atomic E-state index is 11.4. The number of fused-ring (bicyclic) bond motifs is 1. The number of nitrogens with one attached hydrogen (secondary N) is 2. The Hall–Kier alpha value is -2.04. The van der Waals surface area contributed by atoms with E-state index in [4.69, 9.17) is 0 Å². The molecule has 0 saturated carbocycles. The van der Waals surface area contributed by atoms with E-state index in [1.807, 2.05) is 18.2 Å². The van der Waals surface area contributed by atoms with Gasteiger partial charge in [0.15, 0.2) is 0 Å². The van der Waals surface area contributed by atoms with Crippen LogP contribution in [0.5, 0.6) is 0 Å². The van der Waals surface area contributed by atoms with Crippen molar-refractivity contribution >= 4 is 23.3 Å². The van der Waals surface area contributed by atoms with E-state index in [0.717, 1.165) is 17.7 Å². The van der Waals surface area contributed by atoms with Gasteiger partial charge in [0, 0.05) is 31.9 Å². The van der Waals surface area contributed by atoms with Crippen LogP contribution in [0.1, 0.15) is 12.5 Å². The zero-order valence-electron chi connectivity index (χ0n) is 9.91. The molecule has 0 bridgehead atoms. The summed E-state index contributed by atoms with van der Waals surface area (Å²) in [5.41, 5.74) is 2.73. The quantitative estimate of drug-likeness (QED) is 0.769. The van der Waals surface area contributed by atoms with Gasteiger partial charge < -0.3 is 15.5 Å². The summed E-state index contributed by atoms with van der Waals surface area (Å²) in [5, 5.41) is 5.18. The maximum atomic E-state index is 11.4. The Balaban J connectivity index is 2.27. The molecule has 0 saturated heterocycles. The number of rotatable bonds is 1. The first-order valence-corrected chi connectivity index (χ1v) is 5.51. The highest BCUT2D eigenvalue weighted by Gasteiger charge is 2.22. The third-order valence-electron chi connectivity index (χ3n) is 2.85. The van der Waals surface area contributed by atoms with Gasteiger partial charge in [-0.15, -0.1) is 0 Å². The normalized spacial score (nSPS) is 13.2. The number of anilines is 2. The standard InChI is InChI=1S/C12H15N3O2/c1-8(16)15-6-5-9-3-4-10(7-11(9)15)14-12(17)13-2/h3-4,7H,5-6H2,1-2H3,(H2,13,14,17). The predicted molar refractivity (Wildman–Crippen MR) is 66.3 cm³/mol. The molecular formula is C12H15N3O2. The third kappa shape index (κ3) is 2.22. The van der Waals surface area contributed by atoms with Crippen LogP contribution >= 0.6 is 0 Å². The summed E-state index contributed by atoms with van der Waals surface area (Å²) < 4.78 is 0. The smallest absolute Gasteiger partial charge is 0.318 e. The molecule has 0 spiro atoms. The van der Waals surface area contributed by atoms with E-state index < -0.39 is 0 Å². The predicted octanol–water partition coefficient (Wildman–Crippen LogP) is 1.35. The molecule has 2 N–H and O–H groups in total. The lowest BCUT2D eigenvalue weighted by atomic mass is 10.1. The van der Waals surface area contributed by atoms with Gasteiger partial charge in [0.05, 0.1) is 0 Å². The van der Waals surface area contributed by atoms with Crippen LogP contribution in [0, 0.1) is 0 Å². The first-order chi connectivity index (χ1) is 8.11. The second kappa shape index (κ2) is 4.45. The summed E-state index contributed by atoms with van der Waals surface area (Å²) in [6.45, 7) is 2.27. The summed E-state index contributed by atoms with van der Waals surface area (Å²) >= 11 is 0. The lowest BCUT2D eigenvalue weighted by Gasteiger charge is -2.15. The Kier molecular flexibility index (Phi) is 2.99. The minimum atomic E-state index is -0.266.